The van der Waals surface area contributed by atoms with Crippen LogP contribution in [0.5, 0.6) is 0 Å². The molecule has 0 N–H and O–H groups in total. The highest BCUT2D eigenvalue weighted by molar-refractivity contribution is 5.95. The maximum absolute atomic E-state index is 12.5. The van der Waals surface area contributed by atoms with Crippen LogP contribution in [0.15, 0.2) is 54.3 Å². The zero-order chi connectivity index (χ0) is 12.4. The Morgan fingerprint density at radius 3 is 2.89 bits per heavy atom. The molecule has 1 amide bonds. The lowest BCUT2D eigenvalue weighted by molar-refractivity contribution is 0.0757. The normalized spacial score (nSPS) is 22.3. The van der Waals surface area contributed by atoms with Gasteiger partial charge < -0.3 is 4.90 Å². The second kappa shape index (κ2) is 4.81. The Bertz CT molecular complexity index is 501. The molecule has 1 unspecified atom stereocenters. The highest BCUT2D eigenvalue weighted by Gasteiger charge is 2.29. The van der Waals surface area contributed by atoms with Gasteiger partial charge in [-0.1, -0.05) is 30.4 Å². The van der Waals surface area contributed by atoms with E-state index in [1.807, 2.05) is 35.2 Å². The monoisotopic (exact) mass is 239 g/mol. The first kappa shape index (κ1) is 11.3. The number of carbonyl (C=O) groups is 1. The number of allylic oxidation sites excluding steroid dienone is 4. The lowest BCUT2D eigenvalue weighted by atomic mass is 9.87. The average molecular weight is 239 g/mol. The molecule has 1 heterocycles. The Hall–Kier alpha value is -1.83. The zero-order valence-corrected chi connectivity index (χ0v) is 10.4. The maximum Gasteiger partial charge on any atom is 0.258 e. The Morgan fingerprint density at radius 2 is 2.06 bits per heavy atom. The minimum Gasteiger partial charge on any atom is -0.312 e. The van der Waals surface area contributed by atoms with Gasteiger partial charge in [-0.3, -0.25) is 4.79 Å². The number of fused-ring (bicyclic) bond motifs is 1. The van der Waals surface area contributed by atoms with Crippen molar-refractivity contribution in [2.45, 2.75) is 19.3 Å². The molecule has 1 fully saturated rings. The molecule has 2 aliphatic rings. The van der Waals surface area contributed by atoms with Crippen LogP contribution in [0.4, 0.5) is 0 Å². The summed E-state index contributed by atoms with van der Waals surface area (Å²) < 4.78 is 0. The first-order valence-corrected chi connectivity index (χ1v) is 6.60. The molecule has 1 aliphatic carbocycles. The van der Waals surface area contributed by atoms with Gasteiger partial charge in [0.15, 0.2) is 0 Å². The molecule has 0 spiro atoms. The van der Waals surface area contributed by atoms with Gasteiger partial charge in [0.25, 0.3) is 5.91 Å². The predicted octanol–water partition coefficient (Wildman–Crippen LogP) is 3.38. The van der Waals surface area contributed by atoms with E-state index in [9.17, 15) is 4.79 Å². The topological polar surface area (TPSA) is 20.3 Å². The Labute approximate surface area is 108 Å². The van der Waals surface area contributed by atoms with Crippen molar-refractivity contribution < 1.29 is 4.79 Å². The van der Waals surface area contributed by atoms with Crippen molar-refractivity contribution in [2.24, 2.45) is 5.92 Å². The van der Waals surface area contributed by atoms with E-state index in [4.69, 9.17) is 0 Å². The van der Waals surface area contributed by atoms with E-state index >= 15 is 0 Å². The number of hydrogen-bond donors (Lipinski definition) is 0. The fourth-order valence-electron chi connectivity index (χ4n) is 2.82. The minimum atomic E-state index is 0.141. The number of benzene rings is 1. The summed E-state index contributed by atoms with van der Waals surface area (Å²) in [6.45, 7) is 0.851. The molecule has 0 aromatic heterocycles. The standard InChI is InChI=1S/C16H17NO/c18-16(14-8-2-1-3-9-14)17-12-6-10-13-7-4-5-11-15(13)17/h1-5,8-9,11,13H,6-7,10,12H2. The molecule has 0 radical (unpaired) electrons. The van der Waals surface area contributed by atoms with Crippen LogP contribution >= 0.6 is 0 Å². The smallest absolute Gasteiger partial charge is 0.258 e. The maximum atomic E-state index is 12.5. The summed E-state index contributed by atoms with van der Waals surface area (Å²) >= 11 is 0. The molecule has 92 valence electrons. The van der Waals surface area contributed by atoms with Crippen LogP contribution in [0.1, 0.15) is 29.6 Å². The van der Waals surface area contributed by atoms with Crippen molar-refractivity contribution in [1.29, 1.82) is 0 Å². The Kier molecular flexibility index (Phi) is 3.01. The molecule has 2 nitrogen and oxygen atoms in total. The number of carbonyl (C=O) groups excluding carboxylic acids is 1. The quantitative estimate of drug-likeness (QED) is 0.735. The van der Waals surface area contributed by atoms with Crippen LogP contribution in [0, 0.1) is 5.92 Å². The number of amides is 1. The average Bonchev–Trinajstić information content (AvgIpc) is 2.47. The molecule has 0 saturated carbocycles. The lowest BCUT2D eigenvalue weighted by Gasteiger charge is -2.36. The number of piperidine rings is 1. The highest BCUT2D eigenvalue weighted by Crippen LogP contribution is 2.33. The fourth-order valence-corrected chi connectivity index (χ4v) is 2.82. The molecule has 1 aromatic carbocycles. The van der Waals surface area contributed by atoms with Gasteiger partial charge in [-0.25, -0.2) is 0 Å². The summed E-state index contributed by atoms with van der Waals surface area (Å²) in [5.74, 6) is 0.679. The van der Waals surface area contributed by atoms with Gasteiger partial charge in [-0.15, -0.1) is 0 Å². The summed E-state index contributed by atoms with van der Waals surface area (Å²) in [6.07, 6.45) is 9.76. The molecule has 0 bridgehead atoms. The molecule has 18 heavy (non-hydrogen) atoms. The molecule has 1 atom stereocenters. The van der Waals surface area contributed by atoms with Gasteiger partial charge in [0.1, 0.15) is 0 Å². The van der Waals surface area contributed by atoms with Crippen LogP contribution < -0.4 is 0 Å². The van der Waals surface area contributed by atoms with Crippen LogP contribution in [-0.4, -0.2) is 17.4 Å². The van der Waals surface area contributed by atoms with E-state index in [-0.39, 0.29) is 5.91 Å². The van der Waals surface area contributed by atoms with E-state index in [0.29, 0.717) is 5.92 Å². The zero-order valence-electron chi connectivity index (χ0n) is 10.4. The van der Waals surface area contributed by atoms with Gasteiger partial charge in [0, 0.05) is 23.7 Å². The summed E-state index contributed by atoms with van der Waals surface area (Å²) in [5, 5.41) is 0. The molecule has 3 rings (SSSR count). The molecular weight excluding hydrogens is 222 g/mol. The van der Waals surface area contributed by atoms with E-state index < -0.39 is 0 Å². The summed E-state index contributed by atoms with van der Waals surface area (Å²) in [7, 11) is 0. The van der Waals surface area contributed by atoms with Gasteiger partial charge in [-0.2, -0.15) is 0 Å². The second-order valence-electron chi connectivity index (χ2n) is 4.92. The third-order valence-corrected chi connectivity index (χ3v) is 3.75. The van der Waals surface area contributed by atoms with Crippen LogP contribution in [0.25, 0.3) is 0 Å². The van der Waals surface area contributed by atoms with E-state index in [0.717, 1.165) is 24.9 Å². The van der Waals surface area contributed by atoms with Crippen molar-refractivity contribution in [3.63, 3.8) is 0 Å². The molecule has 1 saturated heterocycles. The summed E-state index contributed by atoms with van der Waals surface area (Å²) in [4.78, 5) is 14.5. The first-order chi connectivity index (χ1) is 8.86. The Balaban J connectivity index is 1.89. The lowest BCUT2D eigenvalue weighted by Crippen LogP contribution is -2.38. The van der Waals surface area contributed by atoms with Crippen molar-refractivity contribution in [1.82, 2.24) is 4.90 Å². The van der Waals surface area contributed by atoms with Gasteiger partial charge in [0.05, 0.1) is 0 Å². The summed E-state index contributed by atoms with van der Waals surface area (Å²) in [6, 6.07) is 9.57. The SMILES string of the molecule is O=C(c1ccccc1)N1CCCC2CC=CC=C21. The molecular formula is C16H17NO. The second-order valence-corrected chi connectivity index (χ2v) is 4.92. The van der Waals surface area contributed by atoms with Crippen LogP contribution in [0.2, 0.25) is 0 Å². The first-order valence-electron chi connectivity index (χ1n) is 6.60. The van der Waals surface area contributed by atoms with Crippen molar-refractivity contribution >= 4 is 5.91 Å². The van der Waals surface area contributed by atoms with E-state index in [1.165, 1.54) is 12.1 Å². The third-order valence-electron chi connectivity index (χ3n) is 3.75. The van der Waals surface area contributed by atoms with Gasteiger partial charge in [-0.05, 0) is 37.5 Å². The van der Waals surface area contributed by atoms with Gasteiger partial charge in [0.2, 0.25) is 0 Å². The van der Waals surface area contributed by atoms with E-state index in [2.05, 4.69) is 18.2 Å². The number of nitrogens with zero attached hydrogens (tertiary/aromatic N) is 1. The van der Waals surface area contributed by atoms with Crippen LogP contribution in [0.3, 0.4) is 0 Å². The molecule has 1 aliphatic heterocycles. The van der Waals surface area contributed by atoms with Crippen molar-refractivity contribution in [3.8, 4) is 0 Å². The highest BCUT2D eigenvalue weighted by atomic mass is 16.2. The number of rotatable bonds is 1. The summed E-state index contributed by atoms with van der Waals surface area (Å²) in [5.41, 5.74) is 1.99. The van der Waals surface area contributed by atoms with E-state index in [1.54, 1.807) is 0 Å². The molecule has 1 aromatic rings. The predicted molar refractivity (Wildman–Crippen MR) is 72.0 cm³/mol. The number of hydrogen-bond acceptors (Lipinski definition) is 1. The third kappa shape index (κ3) is 1.99. The van der Waals surface area contributed by atoms with Crippen molar-refractivity contribution in [3.05, 3.63) is 59.8 Å². The van der Waals surface area contributed by atoms with Crippen LogP contribution in [-0.2, 0) is 0 Å². The Morgan fingerprint density at radius 1 is 1.22 bits per heavy atom. The number of likely N-dealkylation sites (tertiary alicyclic amines) is 1. The fraction of sp³-hybridized carbons (Fsp3) is 0.312. The van der Waals surface area contributed by atoms with Crippen molar-refractivity contribution in [2.75, 3.05) is 6.54 Å². The largest absolute Gasteiger partial charge is 0.312 e. The minimum absolute atomic E-state index is 0.141. The molecule has 2 heteroatoms. The van der Waals surface area contributed by atoms with Gasteiger partial charge >= 0.3 is 0 Å².